The number of carboxylic acids is 1. The van der Waals surface area contributed by atoms with Gasteiger partial charge in [-0.25, -0.2) is 4.79 Å². The van der Waals surface area contributed by atoms with Crippen molar-refractivity contribution in [3.63, 3.8) is 0 Å². The van der Waals surface area contributed by atoms with Crippen LogP contribution in [0.2, 0.25) is 0 Å². The van der Waals surface area contributed by atoms with Crippen LogP contribution in [0.4, 0.5) is 0 Å². The molecule has 0 spiro atoms. The van der Waals surface area contributed by atoms with Crippen molar-refractivity contribution in [2.75, 3.05) is 6.54 Å². The van der Waals surface area contributed by atoms with Gasteiger partial charge in [-0.1, -0.05) is 20.8 Å². The first kappa shape index (κ1) is 13.0. The Kier molecular flexibility index (Phi) is 3.57. The molecule has 0 aromatic heterocycles. The van der Waals surface area contributed by atoms with Crippen LogP contribution in [0.25, 0.3) is 0 Å². The summed E-state index contributed by atoms with van der Waals surface area (Å²) in [6.07, 6.45) is 0.0451. The van der Waals surface area contributed by atoms with Crippen molar-refractivity contribution in [2.24, 2.45) is 5.41 Å². The number of nitrogens with zero attached hydrogens (tertiary/aromatic N) is 1. The molecule has 0 unspecified atom stereocenters. The van der Waals surface area contributed by atoms with Gasteiger partial charge in [-0.2, -0.15) is 0 Å². The van der Waals surface area contributed by atoms with Crippen molar-refractivity contribution < 1.29 is 19.8 Å². The van der Waals surface area contributed by atoms with Gasteiger partial charge in [0.15, 0.2) is 0 Å². The number of likely N-dealkylation sites (tertiary alicyclic amines) is 1. The van der Waals surface area contributed by atoms with Crippen LogP contribution >= 0.6 is 0 Å². The lowest BCUT2D eigenvalue weighted by molar-refractivity contribution is -0.152. The highest BCUT2D eigenvalue weighted by Crippen LogP contribution is 2.28. The van der Waals surface area contributed by atoms with Crippen LogP contribution in [0.15, 0.2) is 0 Å². The molecule has 2 N–H and O–H groups in total. The van der Waals surface area contributed by atoms with E-state index in [1.165, 1.54) is 4.90 Å². The van der Waals surface area contributed by atoms with Crippen LogP contribution in [-0.2, 0) is 9.59 Å². The summed E-state index contributed by atoms with van der Waals surface area (Å²) in [4.78, 5) is 24.4. The fourth-order valence-electron chi connectivity index (χ4n) is 1.81. The molecule has 0 saturated carbocycles. The minimum atomic E-state index is -1.04. The maximum absolute atomic E-state index is 12.1. The van der Waals surface area contributed by atoms with Crippen LogP contribution in [0.3, 0.4) is 0 Å². The second kappa shape index (κ2) is 4.41. The maximum atomic E-state index is 12.1. The monoisotopic (exact) mass is 229 g/mol. The lowest BCUT2D eigenvalue weighted by Crippen LogP contribution is -2.46. The number of carbonyl (C=O) groups is 2. The van der Waals surface area contributed by atoms with Gasteiger partial charge in [0.2, 0.25) is 5.91 Å². The molecule has 92 valence electrons. The molecule has 1 aliphatic heterocycles. The molecule has 5 heteroatoms. The average Bonchev–Trinajstić information content (AvgIpc) is 2.59. The van der Waals surface area contributed by atoms with E-state index in [-0.39, 0.29) is 18.9 Å². The number of carbonyl (C=O) groups excluding carboxylic acids is 1. The fraction of sp³-hybridized carbons (Fsp3) is 0.818. The molecular formula is C11H19NO4. The van der Waals surface area contributed by atoms with Crippen molar-refractivity contribution in [1.82, 2.24) is 4.90 Å². The van der Waals surface area contributed by atoms with E-state index in [9.17, 15) is 14.7 Å². The Labute approximate surface area is 95.1 Å². The minimum Gasteiger partial charge on any atom is -0.480 e. The molecule has 1 heterocycles. The van der Waals surface area contributed by atoms with Gasteiger partial charge in [-0.15, -0.1) is 0 Å². The zero-order valence-corrected chi connectivity index (χ0v) is 9.93. The third-order valence-corrected chi connectivity index (χ3v) is 3.29. The molecule has 0 aromatic rings. The lowest BCUT2D eigenvalue weighted by Gasteiger charge is -2.30. The number of hydrogen-bond donors (Lipinski definition) is 2. The number of amides is 1. The van der Waals surface area contributed by atoms with Crippen molar-refractivity contribution >= 4 is 11.9 Å². The summed E-state index contributed by atoms with van der Waals surface area (Å²) < 4.78 is 0. The standard InChI is InChI=1S/C11H19NO4/c1-4-11(2,3)10(16)12-6-7(13)5-8(12)9(14)15/h7-8,13H,4-6H2,1-3H3,(H,14,15)/t7-,8-/m0/s1. The molecule has 1 saturated heterocycles. The first-order chi connectivity index (χ1) is 7.29. The largest absolute Gasteiger partial charge is 0.480 e. The lowest BCUT2D eigenvalue weighted by atomic mass is 9.88. The SMILES string of the molecule is CCC(C)(C)C(=O)N1C[C@@H](O)C[C@H]1C(=O)O. The van der Waals surface area contributed by atoms with Crippen LogP contribution in [0.5, 0.6) is 0 Å². The van der Waals surface area contributed by atoms with E-state index in [0.29, 0.717) is 6.42 Å². The van der Waals surface area contributed by atoms with Gasteiger partial charge in [-0.3, -0.25) is 4.79 Å². The van der Waals surface area contributed by atoms with Crippen LogP contribution in [-0.4, -0.2) is 45.7 Å². The first-order valence-electron chi connectivity index (χ1n) is 5.51. The molecule has 0 bridgehead atoms. The van der Waals surface area contributed by atoms with Crippen molar-refractivity contribution in [3.8, 4) is 0 Å². The van der Waals surface area contributed by atoms with Crippen LogP contribution < -0.4 is 0 Å². The van der Waals surface area contributed by atoms with E-state index in [1.54, 1.807) is 13.8 Å². The van der Waals surface area contributed by atoms with Gasteiger partial charge in [0.1, 0.15) is 6.04 Å². The molecule has 2 atom stereocenters. The summed E-state index contributed by atoms with van der Waals surface area (Å²) in [6.45, 7) is 5.59. The third kappa shape index (κ3) is 2.35. The molecular weight excluding hydrogens is 210 g/mol. The predicted octanol–water partition coefficient (Wildman–Crippen LogP) is 0.469. The normalized spacial score (nSPS) is 25.9. The van der Waals surface area contributed by atoms with Gasteiger partial charge in [0.05, 0.1) is 6.10 Å². The molecule has 1 fully saturated rings. The highest BCUT2D eigenvalue weighted by Gasteiger charge is 2.43. The second-order valence-electron chi connectivity index (χ2n) is 4.94. The van der Waals surface area contributed by atoms with Crippen LogP contribution in [0, 0.1) is 5.41 Å². The Morgan fingerprint density at radius 1 is 1.44 bits per heavy atom. The van der Waals surface area contributed by atoms with E-state index >= 15 is 0 Å². The van der Waals surface area contributed by atoms with Crippen molar-refractivity contribution in [1.29, 1.82) is 0 Å². The molecule has 0 aromatic carbocycles. The summed E-state index contributed by atoms with van der Waals surface area (Å²) in [7, 11) is 0. The van der Waals surface area contributed by atoms with Gasteiger partial charge in [0, 0.05) is 18.4 Å². The summed E-state index contributed by atoms with van der Waals surface area (Å²) in [5, 5.41) is 18.4. The number of β-amino-alcohol motifs (C(OH)–C–C–N with tert-alkyl or cyclic N) is 1. The highest BCUT2D eigenvalue weighted by molar-refractivity contribution is 5.87. The molecule has 0 aliphatic carbocycles. The van der Waals surface area contributed by atoms with E-state index in [4.69, 9.17) is 5.11 Å². The summed E-state index contributed by atoms with van der Waals surface area (Å²) in [5.74, 6) is -1.24. The number of hydrogen-bond acceptors (Lipinski definition) is 3. The average molecular weight is 229 g/mol. The zero-order chi connectivity index (χ0) is 12.5. The Bertz CT molecular complexity index is 300. The molecule has 1 rings (SSSR count). The zero-order valence-electron chi connectivity index (χ0n) is 9.93. The summed E-state index contributed by atoms with van der Waals surface area (Å²) in [6, 6.07) is -0.881. The van der Waals surface area contributed by atoms with E-state index < -0.39 is 23.5 Å². The smallest absolute Gasteiger partial charge is 0.326 e. The Balaban J connectivity index is 2.86. The number of aliphatic hydroxyl groups excluding tert-OH is 1. The molecule has 5 nitrogen and oxygen atoms in total. The second-order valence-corrected chi connectivity index (χ2v) is 4.94. The van der Waals surface area contributed by atoms with Crippen LogP contribution in [0.1, 0.15) is 33.6 Å². The predicted molar refractivity (Wildman–Crippen MR) is 57.8 cm³/mol. The van der Waals surface area contributed by atoms with E-state index in [2.05, 4.69) is 0 Å². The highest BCUT2D eigenvalue weighted by atomic mass is 16.4. The van der Waals surface area contributed by atoms with E-state index in [1.807, 2.05) is 6.92 Å². The van der Waals surface area contributed by atoms with E-state index in [0.717, 1.165) is 0 Å². The number of aliphatic carboxylic acids is 1. The maximum Gasteiger partial charge on any atom is 0.326 e. The minimum absolute atomic E-state index is 0.124. The third-order valence-electron chi connectivity index (χ3n) is 3.29. The van der Waals surface area contributed by atoms with Gasteiger partial charge < -0.3 is 15.1 Å². The number of aliphatic hydroxyl groups is 1. The van der Waals surface area contributed by atoms with Gasteiger partial charge in [0.25, 0.3) is 0 Å². The van der Waals surface area contributed by atoms with Gasteiger partial charge >= 0.3 is 5.97 Å². The summed E-state index contributed by atoms with van der Waals surface area (Å²) in [5.41, 5.74) is -0.572. The first-order valence-corrected chi connectivity index (χ1v) is 5.51. The topological polar surface area (TPSA) is 77.8 Å². The summed E-state index contributed by atoms with van der Waals surface area (Å²) >= 11 is 0. The van der Waals surface area contributed by atoms with Gasteiger partial charge in [-0.05, 0) is 6.42 Å². The Morgan fingerprint density at radius 3 is 2.44 bits per heavy atom. The molecule has 16 heavy (non-hydrogen) atoms. The molecule has 1 amide bonds. The van der Waals surface area contributed by atoms with Crippen molar-refractivity contribution in [3.05, 3.63) is 0 Å². The Morgan fingerprint density at radius 2 is 2.00 bits per heavy atom. The number of rotatable bonds is 3. The number of carboxylic acid groups (broad SMARTS) is 1. The molecule has 1 aliphatic rings. The quantitative estimate of drug-likeness (QED) is 0.737. The molecule has 0 radical (unpaired) electrons. The van der Waals surface area contributed by atoms with Crippen molar-refractivity contribution in [2.45, 2.75) is 45.8 Å². The Hall–Kier alpha value is -1.10. The fourth-order valence-corrected chi connectivity index (χ4v) is 1.81.